The maximum atomic E-state index is 12.3. The molecule has 1 aromatic carbocycles. The number of nitrogens with zero attached hydrogens (tertiary/aromatic N) is 3. The molecule has 1 saturated heterocycles. The number of allylic oxidation sites excluding steroid dienone is 1. The van der Waals surface area contributed by atoms with E-state index in [1.807, 2.05) is 6.08 Å². The zero-order valence-electron chi connectivity index (χ0n) is 12.5. The van der Waals surface area contributed by atoms with E-state index in [9.17, 15) is 25.0 Å². The van der Waals surface area contributed by atoms with Crippen LogP contribution in [0, 0.1) is 20.2 Å². The van der Waals surface area contributed by atoms with Gasteiger partial charge in [-0.3, -0.25) is 25.0 Å². The van der Waals surface area contributed by atoms with Crippen LogP contribution in [0.3, 0.4) is 0 Å². The first-order valence-electron chi connectivity index (χ1n) is 7.29. The molecular formula is C15H17N3O5. The van der Waals surface area contributed by atoms with Crippen molar-refractivity contribution < 1.29 is 14.6 Å². The van der Waals surface area contributed by atoms with Crippen molar-refractivity contribution in [2.24, 2.45) is 0 Å². The van der Waals surface area contributed by atoms with Crippen molar-refractivity contribution in [3.63, 3.8) is 0 Å². The SMILES string of the molecule is C=CCCCCC1CN1C(=O)c1cc([N+](=O)[O-])cc([N+](=O)[O-])c1. The van der Waals surface area contributed by atoms with Gasteiger partial charge in [0.25, 0.3) is 17.3 Å². The minimum Gasteiger partial charge on any atom is -0.332 e. The van der Waals surface area contributed by atoms with Gasteiger partial charge in [0.05, 0.1) is 21.5 Å². The Kier molecular flexibility index (Phi) is 5.05. The number of hydrogen-bond acceptors (Lipinski definition) is 5. The number of hydrogen-bond donors (Lipinski definition) is 0. The van der Waals surface area contributed by atoms with Crippen molar-refractivity contribution in [2.75, 3.05) is 6.54 Å². The van der Waals surface area contributed by atoms with Gasteiger partial charge < -0.3 is 4.90 Å². The largest absolute Gasteiger partial charge is 0.332 e. The maximum Gasteiger partial charge on any atom is 0.277 e. The zero-order valence-corrected chi connectivity index (χ0v) is 12.5. The van der Waals surface area contributed by atoms with Crippen LogP contribution in [0.15, 0.2) is 30.9 Å². The average molecular weight is 319 g/mol. The lowest BCUT2D eigenvalue weighted by Gasteiger charge is -2.05. The van der Waals surface area contributed by atoms with Gasteiger partial charge in [0.1, 0.15) is 0 Å². The summed E-state index contributed by atoms with van der Waals surface area (Å²) in [6.07, 6.45) is 5.60. The second kappa shape index (κ2) is 6.99. The fourth-order valence-corrected chi connectivity index (χ4v) is 2.44. The molecule has 23 heavy (non-hydrogen) atoms. The van der Waals surface area contributed by atoms with Crippen LogP contribution < -0.4 is 0 Å². The van der Waals surface area contributed by atoms with E-state index in [0.29, 0.717) is 6.54 Å². The summed E-state index contributed by atoms with van der Waals surface area (Å²) < 4.78 is 0. The van der Waals surface area contributed by atoms with Gasteiger partial charge in [0.2, 0.25) is 0 Å². The minimum absolute atomic E-state index is 0.0144. The van der Waals surface area contributed by atoms with E-state index in [0.717, 1.165) is 43.9 Å². The summed E-state index contributed by atoms with van der Waals surface area (Å²) in [6, 6.07) is 3.14. The maximum absolute atomic E-state index is 12.3. The van der Waals surface area contributed by atoms with Crippen molar-refractivity contribution in [3.05, 3.63) is 56.6 Å². The van der Waals surface area contributed by atoms with Crippen LogP contribution >= 0.6 is 0 Å². The van der Waals surface area contributed by atoms with Gasteiger partial charge in [-0.1, -0.05) is 12.5 Å². The van der Waals surface area contributed by atoms with Gasteiger partial charge >= 0.3 is 0 Å². The highest BCUT2D eigenvalue weighted by Gasteiger charge is 2.38. The van der Waals surface area contributed by atoms with E-state index < -0.39 is 27.1 Å². The van der Waals surface area contributed by atoms with E-state index in [1.165, 1.54) is 0 Å². The molecule has 1 amide bonds. The summed E-state index contributed by atoms with van der Waals surface area (Å²) in [7, 11) is 0. The monoisotopic (exact) mass is 319 g/mol. The second-order valence-electron chi connectivity index (χ2n) is 5.44. The first-order valence-corrected chi connectivity index (χ1v) is 7.29. The van der Waals surface area contributed by atoms with Crippen LogP contribution in [0.1, 0.15) is 36.0 Å². The Balaban J connectivity index is 2.06. The first kappa shape index (κ1) is 16.6. The molecule has 122 valence electrons. The number of benzene rings is 1. The Morgan fingerprint density at radius 1 is 1.22 bits per heavy atom. The molecule has 0 aromatic heterocycles. The molecule has 1 atom stereocenters. The van der Waals surface area contributed by atoms with Crippen molar-refractivity contribution in [1.29, 1.82) is 0 Å². The van der Waals surface area contributed by atoms with E-state index >= 15 is 0 Å². The predicted molar refractivity (Wildman–Crippen MR) is 83.2 cm³/mol. The summed E-state index contributed by atoms with van der Waals surface area (Å²) >= 11 is 0. The van der Waals surface area contributed by atoms with E-state index in [2.05, 4.69) is 6.58 Å². The second-order valence-corrected chi connectivity index (χ2v) is 5.44. The minimum atomic E-state index is -0.737. The third-order valence-corrected chi connectivity index (χ3v) is 3.74. The van der Waals surface area contributed by atoms with Crippen LogP contribution in [0.25, 0.3) is 0 Å². The molecule has 0 radical (unpaired) electrons. The molecule has 0 N–H and O–H groups in total. The van der Waals surface area contributed by atoms with Crippen LogP contribution in [-0.4, -0.2) is 33.2 Å². The third-order valence-electron chi connectivity index (χ3n) is 3.74. The molecule has 1 unspecified atom stereocenters. The molecule has 0 aliphatic carbocycles. The number of carbonyl (C=O) groups excluding carboxylic acids is 1. The average Bonchev–Trinajstić information content (AvgIpc) is 3.29. The summed E-state index contributed by atoms with van der Waals surface area (Å²) in [5.41, 5.74) is -0.918. The van der Waals surface area contributed by atoms with Crippen molar-refractivity contribution in [2.45, 2.75) is 31.7 Å². The van der Waals surface area contributed by atoms with E-state index in [4.69, 9.17) is 0 Å². The fourth-order valence-electron chi connectivity index (χ4n) is 2.44. The molecule has 0 bridgehead atoms. The van der Waals surface area contributed by atoms with Crippen LogP contribution in [0.2, 0.25) is 0 Å². The molecule has 0 spiro atoms. The number of unbranched alkanes of at least 4 members (excludes halogenated alkanes) is 2. The highest BCUT2D eigenvalue weighted by molar-refractivity contribution is 5.97. The van der Waals surface area contributed by atoms with Gasteiger partial charge in [-0.25, -0.2) is 0 Å². The Labute approximate surface area is 132 Å². The summed E-state index contributed by atoms with van der Waals surface area (Å²) in [5.74, 6) is -0.398. The number of amides is 1. The lowest BCUT2D eigenvalue weighted by atomic mass is 10.1. The lowest BCUT2D eigenvalue weighted by Crippen LogP contribution is -2.14. The van der Waals surface area contributed by atoms with Gasteiger partial charge in [-0.2, -0.15) is 0 Å². The van der Waals surface area contributed by atoms with Crippen molar-refractivity contribution >= 4 is 17.3 Å². The van der Waals surface area contributed by atoms with E-state index in [-0.39, 0.29) is 11.6 Å². The topological polar surface area (TPSA) is 106 Å². The highest BCUT2D eigenvalue weighted by atomic mass is 16.6. The Morgan fingerprint density at radius 2 is 1.83 bits per heavy atom. The van der Waals surface area contributed by atoms with Gasteiger partial charge in [-0.15, -0.1) is 6.58 Å². The number of rotatable bonds is 8. The molecule has 8 heteroatoms. The molecule has 1 heterocycles. The first-order chi connectivity index (χ1) is 10.9. The summed E-state index contributed by atoms with van der Waals surface area (Å²) in [4.78, 5) is 34.1. The number of nitro benzene ring substituents is 2. The highest BCUT2D eigenvalue weighted by Crippen LogP contribution is 2.29. The number of nitro groups is 2. The third kappa shape index (κ3) is 4.12. The Morgan fingerprint density at radius 3 is 2.35 bits per heavy atom. The smallest absolute Gasteiger partial charge is 0.277 e. The van der Waals surface area contributed by atoms with Crippen molar-refractivity contribution in [1.82, 2.24) is 4.90 Å². The van der Waals surface area contributed by atoms with Gasteiger partial charge in [0, 0.05) is 24.7 Å². The van der Waals surface area contributed by atoms with Crippen LogP contribution in [-0.2, 0) is 0 Å². The molecule has 8 nitrogen and oxygen atoms in total. The van der Waals surface area contributed by atoms with E-state index in [1.54, 1.807) is 4.90 Å². The molecule has 1 fully saturated rings. The fraction of sp³-hybridized carbons (Fsp3) is 0.400. The standard InChI is InChI=1S/C15H17N3O5/c1-2-3-4-5-6-12-10-16(12)15(19)11-7-13(17(20)21)9-14(8-11)18(22)23/h2,7-9,12H,1,3-6,10H2. The van der Waals surface area contributed by atoms with Crippen molar-refractivity contribution in [3.8, 4) is 0 Å². The molecule has 1 aromatic rings. The van der Waals surface area contributed by atoms with Gasteiger partial charge in [-0.05, 0) is 19.3 Å². The predicted octanol–water partition coefficient (Wildman–Crippen LogP) is 3.07. The van der Waals surface area contributed by atoms with Crippen LogP contribution in [0.4, 0.5) is 11.4 Å². The summed E-state index contributed by atoms with van der Waals surface area (Å²) in [5, 5.41) is 21.7. The number of non-ortho nitro benzene ring substituents is 2. The lowest BCUT2D eigenvalue weighted by molar-refractivity contribution is -0.394. The molecular weight excluding hydrogens is 302 g/mol. The van der Waals surface area contributed by atoms with Gasteiger partial charge in [0.15, 0.2) is 0 Å². The zero-order chi connectivity index (χ0) is 17.0. The Bertz CT molecular complexity index is 626. The quantitative estimate of drug-likeness (QED) is 0.241. The summed E-state index contributed by atoms with van der Waals surface area (Å²) in [6.45, 7) is 4.23. The number of carbonyl (C=O) groups is 1. The Hall–Kier alpha value is -2.77. The molecule has 1 aliphatic heterocycles. The molecule has 1 aliphatic rings. The van der Waals surface area contributed by atoms with Crippen LogP contribution in [0.5, 0.6) is 0 Å². The molecule has 2 rings (SSSR count). The normalized spacial score (nSPS) is 16.0. The molecule has 0 saturated carbocycles.